The third-order valence-corrected chi connectivity index (χ3v) is 4.05. The van der Waals surface area contributed by atoms with Gasteiger partial charge in [0.2, 0.25) is 5.91 Å². The first-order valence-electron chi connectivity index (χ1n) is 5.49. The van der Waals surface area contributed by atoms with E-state index in [2.05, 4.69) is 35.1 Å². The number of rotatable bonds is 4. The van der Waals surface area contributed by atoms with Crippen LogP contribution in [0.15, 0.2) is 0 Å². The molecule has 0 heterocycles. The molecule has 0 aromatic rings. The van der Waals surface area contributed by atoms with Gasteiger partial charge in [-0.15, -0.1) is 0 Å². The Bertz CT molecular complexity index is 195. The van der Waals surface area contributed by atoms with Gasteiger partial charge in [0.1, 0.15) is 0 Å². The summed E-state index contributed by atoms with van der Waals surface area (Å²) in [6, 6.07) is 0.292. The second-order valence-corrected chi connectivity index (χ2v) is 5.15. The molecule has 3 heteroatoms. The number of carbonyl (C=O) groups excluding carboxylic acids is 1. The van der Waals surface area contributed by atoms with Crippen LogP contribution in [0.5, 0.6) is 0 Å². The molecular formula is C11H20BrNO. The zero-order valence-electron chi connectivity index (χ0n) is 9.11. The van der Waals surface area contributed by atoms with Gasteiger partial charge in [-0.25, -0.2) is 0 Å². The summed E-state index contributed by atoms with van der Waals surface area (Å²) in [5.74, 6) is 0.251. The number of amides is 1. The maximum atomic E-state index is 12.0. The van der Waals surface area contributed by atoms with Crippen molar-refractivity contribution in [1.29, 1.82) is 0 Å². The monoisotopic (exact) mass is 261 g/mol. The largest absolute Gasteiger partial charge is 0.352 e. The highest BCUT2D eigenvalue weighted by Gasteiger charge is 2.36. The van der Waals surface area contributed by atoms with Crippen molar-refractivity contribution in [2.75, 3.05) is 5.33 Å². The molecule has 0 radical (unpaired) electrons. The molecule has 0 aliphatic heterocycles. The Morgan fingerprint density at radius 1 is 1.50 bits per heavy atom. The first kappa shape index (κ1) is 12.0. The molecule has 1 atom stereocenters. The molecule has 1 fully saturated rings. The summed E-state index contributed by atoms with van der Waals surface area (Å²) >= 11 is 3.42. The van der Waals surface area contributed by atoms with Crippen LogP contribution in [0.25, 0.3) is 0 Å². The van der Waals surface area contributed by atoms with Crippen molar-refractivity contribution in [2.24, 2.45) is 5.41 Å². The number of nitrogens with one attached hydrogen (secondary N) is 1. The molecule has 0 spiro atoms. The maximum Gasteiger partial charge on any atom is 0.226 e. The Labute approximate surface area is 95.0 Å². The average Bonchev–Trinajstić information content (AvgIpc) is 2.62. The fraction of sp³-hybridized carbons (Fsp3) is 0.909. The SMILES string of the molecule is CCC(CBr)NC(=O)C1(C)CCCC1. The van der Waals surface area contributed by atoms with Crippen LogP contribution < -0.4 is 5.32 Å². The topological polar surface area (TPSA) is 29.1 Å². The summed E-state index contributed by atoms with van der Waals surface area (Å²) in [5.41, 5.74) is -0.0877. The lowest BCUT2D eigenvalue weighted by Gasteiger charge is -2.25. The molecule has 0 saturated heterocycles. The first-order valence-corrected chi connectivity index (χ1v) is 6.61. The van der Waals surface area contributed by atoms with E-state index in [1.54, 1.807) is 0 Å². The van der Waals surface area contributed by atoms with Gasteiger partial charge in [-0.2, -0.15) is 0 Å². The summed E-state index contributed by atoms with van der Waals surface area (Å²) in [5, 5.41) is 3.97. The van der Waals surface area contributed by atoms with E-state index >= 15 is 0 Å². The average molecular weight is 262 g/mol. The fourth-order valence-corrected chi connectivity index (χ4v) is 2.61. The quantitative estimate of drug-likeness (QED) is 0.775. The molecule has 1 aliphatic carbocycles. The van der Waals surface area contributed by atoms with Crippen molar-refractivity contribution in [3.8, 4) is 0 Å². The van der Waals surface area contributed by atoms with Gasteiger partial charge in [0, 0.05) is 16.8 Å². The molecule has 1 rings (SSSR count). The van der Waals surface area contributed by atoms with E-state index in [1.807, 2.05) is 0 Å². The molecule has 0 bridgehead atoms. The van der Waals surface area contributed by atoms with Crippen LogP contribution in [0.1, 0.15) is 46.0 Å². The molecule has 82 valence electrons. The minimum absolute atomic E-state index is 0.0877. The maximum absolute atomic E-state index is 12.0. The summed E-state index contributed by atoms with van der Waals surface area (Å²) in [4.78, 5) is 12.0. The predicted octanol–water partition coefficient (Wildman–Crippen LogP) is 2.86. The third kappa shape index (κ3) is 2.72. The van der Waals surface area contributed by atoms with Gasteiger partial charge in [-0.05, 0) is 19.3 Å². The van der Waals surface area contributed by atoms with Gasteiger partial charge in [0.05, 0.1) is 0 Å². The van der Waals surface area contributed by atoms with E-state index < -0.39 is 0 Å². The van der Waals surface area contributed by atoms with Crippen LogP contribution in [0.3, 0.4) is 0 Å². The number of carbonyl (C=O) groups is 1. The van der Waals surface area contributed by atoms with E-state index in [0.717, 1.165) is 24.6 Å². The first-order chi connectivity index (χ1) is 6.62. The Morgan fingerprint density at radius 3 is 2.50 bits per heavy atom. The van der Waals surface area contributed by atoms with Crippen molar-refractivity contribution in [3.05, 3.63) is 0 Å². The van der Waals surface area contributed by atoms with Gasteiger partial charge >= 0.3 is 0 Å². The van der Waals surface area contributed by atoms with Crippen LogP contribution in [0.2, 0.25) is 0 Å². The standard InChI is InChI=1S/C11H20BrNO/c1-3-9(8-12)13-10(14)11(2)6-4-5-7-11/h9H,3-8H2,1-2H3,(H,13,14). The molecular weight excluding hydrogens is 242 g/mol. The lowest BCUT2D eigenvalue weighted by molar-refractivity contribution is -0.130. The van der Waals surface area contributed by atoms with Gasteiger partial charge in [-0.1, -0.05) is 42.6 Å². The zero-order chi connectivity index (χ0) is 10.6. The highest BCUT2D eigenvalue weighted by molar-refractivity contribution is 9.09. The lowest BCUT2D eigenvalue weighted by Crippen LogP contribution is -2.43. The molecule has 14 heavy (non-hydrogen) atoms. The molecule has 0 aromatic carbocycles. The second-order valence-electron chi connectivity index (χ2n) is 4.50. The Hall–Kier alpha value is -0.0500. The number of hydrogen-bond acceptors (Lipinski definition) is 1. The van der Waals surface area contributed by atoms with Crippen LogP contribution in [0.4, 0.5) is 0 Å². The Morgan fingerprint density at radius 2 is 2.07 bits per heavy atom. The third-order valence-electron chi connectivity index (χ3n) is 3.27. The highest BCUT2D eigenvalue weighted by atomic mass is 79.9. The van der Waals surface area contributed by atoms with Crippen LogP contribution >= 0.6 is 15.9 Å². The van der Waals surface area contributed by atoms with Crippen LogP contribution in [-0.2, 0) is 4.79 Å². The molecule has 1 aliphatic rings. The number of alkyl halides is 1. The number of halogens is 1. The van der Waals surface area contributed by atoms with Crippen molar-refractivity contribution in [3.63, 3.8) is 0 Å². The summed E-state index contributed by atoms with van der Waals surface area (Å²) in [6.07, 6.45) is 5.51. The molecule has 1 saturated carbocycles. The van der Waals surface area contributed by atoms with Crippen molar-refractivity contribution in [1.82, 2.24) is 5.32 Å². The minimum atomic E-state index is -0.0877. The Balaban J connectivity index is 2.48. The predicted molar refractivity (Wildman–Crippen MR) is 62.6 cm³/mol. The van der Waals surface area contributed by atoms with E-state index in [0.29, 0.717) is 6.04 Å². The fourth-order valence-electron chi connectivity index (χ4n) is 1.99. The molecule has 1 unspecified atom stereocenters. The molecule has 1 N–H and O–H groups in total. The van der Waals surface area contributed by atoms with Crippen LogP contribution in [0, 0.1) is 5.41 Å². The molecule has 2 nitrogen and oxygen atoms in total. The zero-order valence-corrected chi connectivity index (χ0v) is 10.7. The van der Waals surface area contributed by atoms with Crippen molar-refractivity contribution < 1.29 is 4.79 Å². The lowest BCUT2D eigenvalue weighted by atomic mass is 9.87. The molecule has 1 amide bonds. The van der Waals surface area contributed by atoms with E-state index in [4.69, 9.17) is 0 Å². The van der Waals surface area contributed by atoms with Gasteiger partial charge in [0.25, 0.3) is 0 Å². The Kier molecular flexibility index (Phi) is 4.42. The summed E-state index contributed by atoms with van der Waals surface area (Å²) in [7, 11) is 0. The smallest absolute Gasteiger partial charge is 0.226 e. The van der Waals surface area contributed by atoms with Gasteiger partial charge in [0.15, 0.2) is 0 Å². The highest BCUT2D eigenvalue weighted by Crippen LogP contribution is 2.37. The number of hydrogen-bond donors (Lipinski definition) is 1. The minimum Gasteiger partial charge on any atom is -0.352 e. The van der Waals surface area contributed by atoms with E-state index in [-0.39, 0.29) is 11.3 Å². The van der Waals surface area contributed by atoms with E-state index in [9.17, 15) is 4.79 Å². The van der Waals surface area contributed by atoms with Gasteiger partial charge < -0.3 is 5.32 Å². The summed E-state index contributed by atoms with van der Waals surface area (Å²) < 4.78 is 0. The van der Waals surface area contributed by atoms with Crippen LogP contribution in [-0.4, -0.2) is 17.3 Å². The van der Waals surface area contributed by atoms with Gasteiger partial charge in [-0.3, -0.25) is 4.79 Å². The van der Waals surface area contributed by atoms with Crippen molar-refractivity contribution >= 4 is 21.8 Å². The van der Waals surface area contributed by atoms with E-state index in [1.165, 1.54) is 12.8 Å². The van der Waals surface area contributed by atoms with Crippen molar-refractivity contribution in [2.45, 2.75) is 52.0 Å². The molecule has 0 aromatic heterocycles. The second kappa shape index (κ2) is 5.15. The normalized spacial score (nSPS) is 21.9. The summed E-state index contributed by atoms with van der Waals surface area (Å²) in [6.45, 7) is 4.19.